The van der Waals surface area contributed by atoms with Gasteiger partial charge in [0, 0.05) is 11.1 Å². The minimum Gasteiger partial charge on any atom is -0.492 e. The minimum absolute atomic E-state index is 0.431. The predicted octanol–water partition coefficient (Wildman–Crippen LogP) is 5.06. The molecule has 20 heavy (non-hydrogen) atoms. The van der Waals surface area contributed by atoms with Gasteiger partial charge in [0.05, 0.1) is 0 Å². The number of unbranched alkanes of at least 4 members (excludes halogenated alkanes) is 4. The number of nitrogens with one attached hydrogen (secondary N) is 1. The number of rotatable bonds is 11. The minimum atomic E-state index is 0.431. The Morgan fingerprint density at radius 3 is 2.65 bits per heavy atom. The summed E-state index contributed by atoms with van der Waals surface area (Å²) in [7, 11) is 0. The van der Waals surface area contributed by atoms with Crippen molar-refractivity contribution in [2.75, 3.05) is 13.2 Å². The number of benzene rings is 1. The highest BCUT2D eigenvalue weighted by Crippen LogP contribution is 2.17. The van der Waals surface area contributed by atoms with Gasteiger partial charge in [-0.3, -0.25) is 0 Å². The summed E-state index contributed by atoms with van der Waals surface area (Å²) in [6.45, 7) is 6.09. The molecule has 0 bridgehead atoms. The van der Waals surface area contributed by atoms with Crippen molar-refractivity contribution < 1.29 is 4.74 Å². The topological polar surface area (TPSA) is 21.3 Å². The second-order valence-electron chi connectivity index (χ2n) is 5.23. The van der Waals surface area contributed by atoms with Crippen molar-refractivity contribution in [1.29, 1.82) is 0 Å². The maximum absolute atomic E-state index is 5.96. The van der Waals surface area contributed by atoms with Crippen LogP contribution >= 0.6 is 11.6 Å². The lowest BCUT2D eigenvalue weighted by atomic mass is 10.1. The summed E-state index contributed by atoms with van der Waals surface area (Å²) in [5.74, 6) is 0.853. The van der Waals surface area contributed by atoms with Crippen LogP contribution < -0.4 is 10.1 Å². The van der Waals surface area contributed by atoms with Crippen LogP contribution in [0.3, 0.4) is 0 Å². The van der Waals surface area contributed by atoms with Crippen LogP contribution in [-0.2, 0) is 0 Å². The first-order valence-electron chi connectivity index (χ1n) is 7.88. The fourth-order valence-electron chi connectivity index (χ4n) is 2.28. The molecule has 0 aliphatic heterocycles. The molecule has 0 amide bonds. The van der Waals surface area contributed by atoms with Crippen LogP contribution in [0.4, 0.5) is 0 Å². The highest BCUT2D eigenvalue weighted by Gasteiger charge is 2.08. The van der Waals surface area contributed by atoms with Gasteiger partial charge in [0.25, 0.3) is 0 Å². The summed E-state index contributed by atoms with van der Waals surface area (Å²) in [5, 5.41) is 4.22. The average molecular weight is 298 g/mol. The van der Waals surface area contributed by atoms with Gasteiger partial charge in [-0.2, -0.15) is 0 Å². The Hall–Kier alpha value is -0.730. The Labute approximate surface area is 128 Å². The molecule has 1 unspecified atom stereocenters. The number of hydrogen-bond acceptors (Lipinski definition) is 2. The van der Waals surface area contributed by atoms with Crippen LogP contribution in [-0.4, -0.2) is 19.2 Å². The average Bonchev–Trinajstić information content (AvgIpc) is 2.44. The van der Waals surface area contributed by atoms with E-state index in [9.17, 15) is 0 Å². The van der Waals surface area contributed by atoms with Gasteiger partial charge in [-0.25, -0.2) is 0 Å². The molecule has 0 radical (unpaired) electrons. The third-order valence-electron chi connectivity index (χ3n) is 3.40. The third-order valence-corrected chi connectivity index (χ3v) is 3.63. The quantitative estimate of drug-likeness (QED) is 0.577. The fourth-order valence-corrected chi connectivity index (χ4v) is 2.46. The lowest BCUT2D eigenvalue weighted by Crippen LogP contribution is -2.34. The molecule has 1 atom stereocenters. The molecule has 1 aromatic carbocycles. The lowest BCUT2D eigenvalue weighted by Gasteiger charge is -2.18. The molecule has 2 nitrogen and oxygen atoms in total. The van der Waals surface area contributed by atoms with Gasteiger partial charge < -0.3 is 10.1 Å². The van der Waals surface area contributed by atoms with Gasteiger partial charge >= 0.3 is 0 Å². The summed E-state index contributed by atoms with van der Waals surface area (Å²) in [5.41, 5.74) is 0. The molecule has 0 spiro atoms. The molecule has 114 valence electrons. The van der Waals surface area contributed by atoms with Crippen LogP contribution in [0.2, 0.25) is 5.02 Å². The molecular formula is C17H28ClNO. The van der Waals surface area contributed by atoms with E-state index in [2.05, 4.69) is 19.2 Å². The molecule has 0 saturated heterocycles. The van der Waals surface area contributed by atoms with E-state index in [-0.39, 0.29) is 0 Å². The first kappa shape index (κ1) is 17.3. The third kappa shape index (κ3) is 7.76. The van der Waals surface area contributed by atoms with Crippen molar-refractivity contribution in [3.8, 4) is 5.75 Å². The molecule has 0 aromatic heterocycles. The number of likely N-dealkylation sites (N-methyl/N-ethyl adjacent to an activating group) is 1. The second-order valence-corrected chi connectivity index (χ2v) is 5.66. The lowest BCUT2D eigenvalue weighted by molar-refractivity contribution is 0.255. The first-order chi connectivity index (χ1) is 9.76. The van der Waals surface area contributed by atoms with Crippen LogP contribution in [0.1, 0.15) is 52.4 Å². The SMILES string of the molecule is CCCCCCCC(COc1cccc(Cl)c1)NCC. The number of ether oxygens (including phenoxy) is 1. The van der Waals surface area contributed by atoms with Crippen LogP contribution in [0.25, 0.3) is 0 Å². The monoisotopic (exact) mass is 297 g/mol. The Morgan fingerprint density at radius 2 is 1.95 bits per heavy atom. The van der Waals surface area contributed by atoms with E-state index in [1.54, 1.807) is 0 Å². The standard InChI is InChI=1S/C17H28ClNO/c1-3-5-6-7-8-11-16(19-4-2)14-20-17-12-9-10-15(18)13-17/h9-10,12-13,16,19H,3-8,11,14H2,1-2H3. The van der Waals surface area contributed by atoms with Crippen molar-refractivity contribution in [1.82, 2.24) is 5.32 Å². The molecule has 0 aliphatic carbocycles. The zero-order valence-electron chi connectivity index (χ0n) is 12.8. The van der Waals surface area contributed by atoms with E-state index in [1.165, 1.54) is 38.5 Å². The highest BCUT2D eigenvalue weighted by molar-refractivity contribution is 6.30. The van der Waals surface area contributed by atoms with Gasteiger partial charge in [-0.15, -0.1) is 0 Å². The van der Waals surface area contributed by atoms with E-state index in [4.69, 9.17) is 16.3 Å². The van der Waals surface area contributed by atoms with Crippen molar-refractivity contribution in [2.45, 2.75) is 58.4 Å². The van der Waals surface area contributed by atoms with Crippen LogP contribution in [0, 0.1) is 0 Å². The summed E-state index contributed by atoms with van der Waals surface area (Å²) < 4.78 is 5.83. The number of hydrogen-bond donors (Lipinski definition) is 1. The molecule has 0 fully saturated rings. The Bertz CT molecular complexity index is 357. The summed E-state index contributed by atoms with van der Waals surface area (Å²) >= 11 is 5.96. The van der Waals surface area contributed by atoms with E-state index in [0.717, 1.165) is 17.3 Å². The van der Waals surface area contributed by atoms with Crippen molar-refractivity contribution in [3.05, 3.63) is 29.3 Å². The maximum Gasteiger partial charge on any atom is 0.120 e. The molecule has 1 N–H and O–H groups in total. The van der Waals surface area contributed by atoms with Crippen LogP contribution in [0.15, 0.2) is 24.3 Å². The molecule has 0 saturated carbocycles. The van der Waals surface area contributed by atoms with E-state index >= 15 is 0 Å². The molecule has 0 heterocycles. The maximum atomic E-state index is 5.96. The smallest absolute Gasteiger partial charge is 0.120 e. The molecule has 1 rings (SSSR count). The largest absolute Gasteiger partial charge is 0.492 e. The van der Waals surface area contributed by atoms with E-state index in [0.29, 0.717) is 12.6 Å². The Balaban J connectivity index is 2.27. The molecule has 0 aliphatic rings. The fraction of sp³-hybridized carbons (Fsp3) is 0.647. The summed E-state index contributed by atoms with van der Waals surface area (Å²) in [4.78, 5) is 0. The molecular weight excluding hydrogens is 270 g/mol. The molecule has 3 heteroatoms. The van der Waals surface area contributed by atoms with Gasteiger partial charge in [-0.05, 0) is 31.2 Å². The Morgan fingerprint density at radius 1 is 1.15 bits per heavy atom. The highest BCUT2D eigenvalue weighted by atomic mass is 35.5. The predicted molar refractivity (Wildman–Crippen MR) is 87.8 cm³/mol. The van der Waals surface area contributed by atoms with Gasteiger partial charge in [0.2, 0.25) is 0 Å². The Kier molecular flexibility index (Phi) is 9.52. The van der Waals surface area contributed by atoms with Gasteiger partial charge in [-0.1, -0.05) is 63.6 Å². The van der Waals surface area contributed by atoms with Gasteiger partial charge in [0.1, 0.15) is 12.4 Å². The van der Waals surface area contributed by atoms with Crippen molar-refractivity contribution in [2.24, 2.45) is 0 Å². The summed E-state index contributed by atoms with van der Waals surface area (Å²) in [6.07, 6.45) is 7.78. The summed E-state index contributed by atoms with van der Waals surface area (Å²) in [6, 6.07) is 8.04. The zero-order chi connectivity index (χ0) is 14.6. The van der Waals surface area contributed by atoms with Gasteiger partial charge in [0.15, 0.2) is 0 Å². The normalized spacial score (nSPS) is 12.3. The van der Waals surface area contributed by atoms with Crippen molar-refractivity contribution >= 4 is 11.6 Å². The van der Waals surface area contributed by atoms with E-state index in [1.807, 2.05) is 24.3 Å². The second kappa shape index (κ2) is 11.0. The zero-order valence-corrected chi connectivity index (χ0v) is 13.6. The first-order valence-corrected chi connectivity index (χ1v) is 8.25. The molecule has 1 aromatic rings. The number of halogens is 1. The van der Waals surface area contributed by atoms with Crippen LogP contribution in [0.5, 0.6) is 5.75 Å². The van der Waals surface area contributed by atoms with Crippen molar-refractivity contribution in [3.63, 3.8) is 0 Å². The van der Waals surface area contributed by atoms with E-state index < -0.39 is 0 Å².